The van der Waals surface area contributed by atoms with E-state index in [4.69, 9.17) is 13.1 Å². The number of rotatable bonds is 30. The summed E-state index contributed by atoms with van der Waals surface area (Å²) in [5, 5.41) is 0. The van der Waals surface area contributed by atoms with Crippen molar-refractivity contribution in [2.24, 2.45) is 0 Å². The first-order valence-corrected chi connectivity index (χ1v) is 21.7. The first-order valence-electron chi connectivity index (χ1n) is 18.7. The van der Waals surface area contributed by atoms with Gasteiger partial charge in [-0.05, 0) is 49.0 Å². The van der Waals surface area contributed by atoms with Crippen molar-refractivity contribution in [1.29, 1.82) is 0 Å². The van der Waals surface area contributed by atoms with E-state index in [9.17, 15) is 16.8 Å². The third kappa shape index (κ3) is 20.0. The van der Waals surface area contributed by atoms with Crippen molar-refractivity contribution in [1.82, 2.24) is 0 Å². The number of hydrogen-bond acceptors (Lipinski definition) is 7. The lowest BCUT2D eigenvalue weighted by Crippen LogP contribution is -2.35. The van der Waals surface area contributed by atoms with Gasteiger partial charge < -0.3 is 13.1 Å². The van der Waals surface area contributed by atoms with Gasteiger partial charge in [0.05, 0.1) is 0 Å². The molecule has 2 atom stereocenters. The van der Waals surface area contributed by atoms with Crippen molar-refractivity contribution < 1.29 is 29.9 Å². The summed E-state index contributed by atoms with van der Waals surface area (Å²) < 4.78 is 70.7. The van der Waals surface area contributed by atoms with E-state index in [1.807, 2.05) is 60.7 Å². The molecule has 9 heteroatoms. The minimum atomic E-state index is -4.32. The third-order valence-electron chi connectivity index (χ3n) is 8.53. The highest BCUT2D eigenvalue weighted by Crippen LogP contribution is 2.25. The SMILES string of the molecule is CCCCCCCCCCCC(OC(CCCCCCCCCCC)S(=O)(=O)OC=Cc1ccccc1)S(=O)(=O)OC=Cc1ccccc1. The van der Waals surface area contributed by atoms with Crippen LogP contribution in [0.15, 0.2) is 73.2 Å². The summed E-state index contributed by atoms with van der Waals surface area (Å²) in [7, 11) is -8.63. The molecule has 0 aromatic heterocycles. The second kappa shape index (κ2) is 26.2. The van der Waals surface area contributed by atoms with Gasteiger partial charge in [-0.2, -0.15) is 16.8 Å². The van der Waals surface area contributed by atoms with Gasteiger partial charge in [-0.1, -0.05) is 177 Å². The summed E-state index contributed by atoms with van der Waals surface area (Å²) in [5.74, 6) is 0. The van der Waals surface area contributed by atoms with Gasteiger partial charge >= 0.3 is 20.2 Å². The van der Waals surface area contributed by atoms with E-state index in [1.54, 1.807) is 12.2 Å². The highest BCUT2D eigenvalue weighted by atomic mass is 32.2. The predicted molar refractivity (Wildman–Crippen MR) is 203 cm³/mol. The number of ether oxygens (including phenoxy) is 1. The van der Waals surface area contributed by atoms with Gasteiger partial charge in [0.25, 0.3) is 0 Å². The van der Waals surface area contributed by atoms with Gasteiger partial charge in [-0.3, -0.25) is 0 Å². The molecule has 0 fully saturated rings. The molecule has 0 bridgehead atoms. The van der Waals surface area contributed by atoms with Gasteiger partial charge in [0, 0.05) is 0 Å². The molecular formula is C40H62O7S2. The predicted octanol–water partition coefficient (Wildman–Crippen LogP) is 11.5. The zero-order chi connectivity index (χ0) is 35.5. The number of benzene rings is 2. The van der Waals surface area contributed by atoms with Crippen LogP contribution < -0.4 is 0 Å². The van der Waals surface area contributed by atoms with E-state index < -0.39 is 31.1 Å². The largest absolute Gasteiger partial charge is 0.389 e. The van der Waals surface area contributed by atoms with Gasteiger partial charge in [-0.15, -0.1) is 0 Å². The van der Waals surface area contributed by atoms with E-state index >= 15 is 0 Å². The molecule has 0 spiro atoms. The van der Waals surface area contributed by atoms with E-state index in [-0.39, 0.29) is 12.8 Å². The summed E-state index contributed by atoms with van der Waals surface area (Å²) in [4.78, 5) is 0. The van der Waals surface area contributed by atoms with Crippen molar-refractivity contribution in [3.63, 3.8) is 0 Å². The quantitative estimate of drug-likeness (QED) is 0.0450. The summed E-state index contributed by atoms with van der Waals surface area (Å²) >= 11 is 0. The molecule has 0 aliphatic carbocycles. The molecule has 7 nitrogen and oxygen atoms in total. The first-order chi connectivity index (χ1) is 23.8. The van der Waals surface area contributed by atoms with Crippen LogP contribution in [-0.4, -0.2) is 27.7 Å². The zero-order valence-electron chi connectivity index (χ0n) is 30.1. The van der Waals surface area contributed by atoms with Crippen LogP contribution in [0.25, 0.3) is 12.2 Å². The number of unbranched alkanes of at least 4 members (excludes halogenated alkanes) is 16. The fraction of sp³-hybridized carbons (Fsp3) is 0.600. The molecule has 276 valence electrons. The second-order valence-electron chi connectivity index (χ2n) is 12.8. The van der Waals surface area contributed by atoms with Gasteiger partial charge in [0.15, 0.2) is 10.9 Å². The van der Waals surface area contributed by atoms with E-state index in [2.05, 4.69) is 13.8 Å². The Balaban J connectivity index is 2.13. The molecule has 2 unspecified atom stereocenters. The van der Waals surface area contributed by atoms with Gasteiger partial charge in [-0.25, -0.2) is 0 Å². The Morgan fingerprint density at radius 3 is 1.10 bits per heavy atom. The molecule has 0 heterocycles. The maximum atomic E-state index is 13.5. The summed E-state index contributed by atoms with van der Waals surface area (Å²) in [6.45, 7) is 4.40. The molecule has 0 aliphatic rings. The van der Waals surface area contributed by atoms with Crippen LogP contribution in [0.5, 0.6) is 0 Å². The normalized spacial score (nSPS) is 13.6. The summed E-state index contributed by atoms with van der Waals surface area (Å²) in [6, 6.07) is 18.4. The van der Waals surface area contributed by atoms with Crippen LogP contribution in [-0.2, 0) is 33.3 Å². The minimum Gasteiger partial charge on any atom is -0.389 e. The highest BCUT2D eigenvalue weighted by Gasteiger charge is 2.36. The molecule has 2 aromatic carbocycles. The Morgan fingerprint density at radius 1 is 0.469 bits per heavy atom. The van der Waals surface area contributed by atoms with E-state index in [0.717, 1.165) is 62.2 Å². The van der Waals surface area contributed by atoms with Crippen LogP contribution in [0.1, 0.15) is 153 Å². The minimum absolute atomic E-state index is 0.126. The Hall–Kier alpha value is -2.62. The van der Waals surface area contributed by atoms with Crippen molar-refractivity contribution >= 4 is 32.4 Å². The fourth-order valence-electron chi connectivity index (χ4n) is 5.59. The van der Waals surface area contributed by atoms with Crippen molar-refractivity contribution in [3.8, 4) is 0 Å². The Bertz CT molecular complexity index is 1250. The van der Waals surface area contributed by atoms with Crippen LogP contribution in [0, 0.1) is 0 Å². The smallest absolute Gasteiger partial charge is 0.336 e. The van der Waals surface area contributed by atoms with Crippen LogP contribution >= 0.6 is 0 Å². The average molecular weight is 719 g/mol. The first kappa shape index (κ1) is 42.5. The maximum Gasteiger partial charge on any atom is 0.336 e. The Labute approximate surface area is 298 Å². The molecule has 0 saturated heterocycles. The summed E-state index contributed by atoms with van der Waals surface area (Å²) in [5.41, 5.74) is -1.37. The van der Waals surface area contributed by atoms with Crippen LogP contribution in [0.2, 0.25) is 0 Å². The third-order valence-corrected chi connectivity index (χ3v) is 11.3. The Morgan fingerprint density at radius 2 is 0.776 bits per heavy atom. The van der Waals surface area contributed by atoms with Crippen molar-refractivity contribution in [2.75, 3.05) is 0 Å². The molecule has 0 radical (unpaired) electrons. The second-order valence-corrected chi connectivity index (χ2v) is 16.2. The standard InChI is InChI=1S/C40H62O7S2/c1-3-5-7-9-11-13-15-17-25-31-39(48(41,42)45-35-33-37-27-21-19-22-28-37)47-40(32-26-18-16-14-12-10-8-6-4-2)49(43,44)46-36-34-38-29-23-20-24-30-38/h19-24,27-30,33-36,39-40H,3-18,25-26,31-32H2,1-2H3. The summed E-state index contributed by atoms with van der Waals surface area (Å²) in [6.07, 6.45) is 24.8. The molecule has 0 aliphatic heterocycles. The molecular weight excluding hydrogens is 657 g/mol. The lowest BCUT2D eigenvalue weighted by Gasteiger charge is -2.23. The maximum absolute atomic E-state index is 13.5. The van der Waals surface area contributed by atoms with Gasteiger partial charge in [0.1, 0.15) is 12.5 Å². The lowest BCUT2D eigenvalue weighted by molar-refractivity contribution is 0.0548. The average Bonchev–Trinajstić information content (AvgIpc) is 3.09. The molecule has 2 rings (SSSR count). The lowest BCUT2D eigenvalue weighted by atomic mass is 10.1. The van der Waals surface area contributed by atoms with Gasteiger partial charge in [0.2, 0.25) is 0 Å². The molecule has 49 heavy (non-hydrogen) atoms. The molecule has 0 N–H and O–H groups in total. The monoisotopic (exact) mass is 718 g/mol. The van der Waals surface area contributed by atoms with E-state index in [1.165, 1.54) is 64.2 Å². The van der Waals surface area contributed by atoms with Crippen molar-refractivity contribution in [3.05, 3.63) is 84.3 Å². The molecule has 0 saturated carbocycles. The zero-order valence-corrected chi connectivity index (χ0v) is 31.7. The molecule has 2 aromatic rings. The van der Waals surface area contributed by atoms with Crippen LogP contribution in [0.4, 0.5) is 0 Å². The van der Waals surface area contributed by atoms with Crippen molar-refractivity contribution in [2.45, 2.75) is 153 Å². The Kier molecular flexibility index (Phi) is 22.8. The van der Waals surface area contributed by atoms with E-state index in [0.29, 0.717) is 12.8 Å². The highest BCUT2D eigenvalue weighted by molar-refractivity contribution is 7.88. The molecule has 0 amide bonds. The topological polar surface area (TPSA) is 96.0 Å². The fourth-order valence-corrected chi connectivity index (χ4v) is 7.78. The van der Waals surface area contributed by atoms with Crippen LogP contribution in [0.3, 0.4) is 0 Å². The number of hydrogen-bond donors (Lipinski definition) is 0.